The zero-order chi connectivity index (χ0) is 28.7. The van der Waals surface area contributed by atoms with E-state index < -0.39 is 34.3 Å². The number of carbonyl (C=O) groups excluding carboxylic acids is 2. The molecule has 1 N–H and O–H groups in total. The van der Waals surface area contributed by atoms with Crippen LogP contribution in [0.3, 0.4) is 0 Å². The molecular weight excluding hydrogens is 564 g/mol. The Bertz CT molecular complexity index is 1400. The van der Waals surface area contributed by atoms with Gasteiger partial charge in [0.05, 0.1) is 20.6 Å². The summed E-state index contributed by atoms with van der Waals surface area (Å²) in [5.41, 5.74) is 0.585. The lowest BCUT2D eigenvalue weighted by molar-refractivity contribution is -0.140. The number of hydrogen-bond acceptors (Lipinski definition) is 4. The predicted octanol–water partition coefficient (Wildman–Crippen LogP) is 5.66. The van der Waals surface area contributed by atoms with Gasteiger partial charge < -0.3 is 10.2 Å². The lowest BCUT2D eigenvalue weighted by Gasteiger charge is -2.33. The highest BCUT2D eigenvalue weighted by Crippen LogP contribution is 2.35. The average Bonchev–Trinajstić information content (AvgIpc) is 2.90. The van der Waals surface area contributed by atoms with Crippen molar-refractivity contribution >= 4 is 50.7 Å². The minimum absolute atomic E-state index is 0.0165. The summed E-state index contributed by atoms with van der Waals surface area (Å²) in [5, 5.41) is 2.89. The van der Waals surface area contributed by atoms with Gasteiger partial charge in [-0.25, -0.2) is 12.8 Å². The van der Waals surface area contributed by atoms with E-state index in [1.807, 2.05) is 0 Å². The Kier molecular flexibility index (Phi) is 10.4. The number of rotatable bonds is 11. The van der Waals surface area contributed by atoms with Gasteiger partial charge in [0.25, 0.3) is 10.0 Å². The molecule has 0 aliphatic rings. The molecular formula is C28H30Cl2FN3O4S. The molecule has 0 unspecified atom stereocenters. The first-order valence-corrected chi connectivity index (χ1v) is 14.5. The van der Waals surface area contributed by atoms with Crippen LogP contribution in [0, 0.1) is 5.82 Å². The highest BCUT2D eigenvalue weighted by atomic mass is 35.5. The van der Waals surface area contributed by atoms with E-state index in [1.54, 1.807) is 39.0 Å². The second kappa shape index (κ2) is 13.3. The van der Waals surface area contributed by atoms with E-state index in [9.17, 15) is 22.4 Å². The average molecular weight is 595 g/mol. The molecule has 0 saturated carbocycles. The molecule has 0 radical (unpaired) electrons. The summed E-state index contributed by atoms with van der Waals surface area (Å²) in [6, 6.07) is 16.5. The van der Waals surface area contributed by atoms with E-state index in [2.05, 4.69) is 5.32 Å². The van der Waals surface area contributed by atoms with Crippen molar-refractivity contribution in [3.8, 4) is 0 Å². The molecule has 0 spiro atoms. The van der Waals surface area contributed by atoms with Crippen molar-refractivity contribution in [2.24, 2.45) is 0 Å². The van der Waals surface area contributed by atoms with Crippen LogP contribution in [0.1, 0.15) is 32.8 Å². The highest BCUT2D eigenvalue weighted by molar-refractivity contribution is 7.92. The van der Waals surface area contributed by atoms with Gasteiger partial charge in [-0.05, 0) is 62.2 Å². The van der Waals surface area contributed by atoms with Gasteiger partial charge in [0.15, 0.2) is 0 Å². The fourth-order valence-electron chi connectivity index (χ4n) is 4.00. The van der Waals surface area contributed by atoms with Crippen molar-refractivity contribution < 1.29 is 22.4 Å². The Morgan fingerprint density at radius 3 is 2.18 bits per heavy atom. The topological polar surface area (TPSA) is 86.8 Å². The summed E-state index contributed by atoms with van der Waals surface area (Å²) >= 11 is 12.6. The van der Waals surface area contributed by atoms with E-state index in [-0.39, 0.29) is 45.5 Å². The predicted molar refractivity (Wildman–Crippen MR) is 152 cm³/mol. The summed E-state index contributed by atoms with van der Waals surface area (Å²) in [6.07, 6.45) is 0.259. The van der Waals surface area contributed by atoms with Crippen LogP contribution in [0.2, 0.25) is 10.0 Å². The number of amides is 2. The lowest BCUT2D eigenvalue weighted by atomic mass is 10.1. The Morgan fingerprint density at radius 1 is 0.949 bits per heavy atom. The van der Waals surface area contributed by atoms with Gasteiger partial charge in [-0.15, -0.1) is 0 Å². The molecule has 1 atom stereocenters. The van der Waals surface area contributed by atoms with Gasteiger partial charge in [0, 0.05) is 12.6 Å². The minimum atomic E-state index is -4.28. The van der Waals surface area contributed by atoms with Gasteiger partial charge in [0.2, 0.25) is 11.8 Å². The van der Waals surface area contributed by atoms with Gasteiger partial charge in [-0.2, -0.15) is 0 Å². The molecule has 7 nitrogen and oxygen atoms in total. The van der Waals surface area contributed by atoms with Crippen molar-refractivity contribution in [1.29, 1.82) is 0 Å². The Hall–Kier alpha value is -3.14. The normalized spacial score (nSPS) is 12.2. The summed E-state index contributed by atoms with van der Waals surface area (Å²) < 4.78 is 42.1. The molecule has 3 aromatic carbocycles. The zero-order valence-corrected chi connectivity index (χ0v) is 24.1. The highest BCUT2D eigenvalue weighted by Gasteiger charge is 2.34. The summed E-state index contributed by atoms with van der Waals surface area (Å²) in [7, 11) is -4.28. The maximum atomic E-state index is 14.0. The number of carbonyl (C=O) groups is 2. The molecule has 208 valence electrons. The van der Waals surface area contributed by atoms with Crippen LogP contribution in [0.4, 0.5) is 10.1 Å². The van der Waals surface area contributed by atoms with E-state index in [0.717, 1.165) is 4.31 Å². The quantitative estimate of drug-likeness (QED) is 0.311. The van der Waals surface area contributed by atoms with Crippen LogP contribution in [0.15, 0.2) is 77.7 Å². The molecule has 0 saturated heterocycles. The molecule has 3 rings (SSSR count). The van der Waals surface area contributed by atoms with Crippen LogP contribution in [0.25, 0.3) is 0 Å². The molecule has 0 fully saturated rings. The third-order valence-electron chi connectivity index (χ3n) is 5.89. The van der Waals surface area contributed by atoms with E-state index in [1.165, 1.54) is 59.5 Å². The molecule has 0 aromatic heterocycles. The number of halogens is 3. The largest absolute Gasteiger partial charge is 0.352 e. The van der Waals surface area contributed by atoms with Crippen molar-refractivity contribution in [3.05, 3.63) is 94.2 Å². The third-order valence-corrected chi connectivity index (χ3v) is 8.48. The first-order chi connectivity index (χ1) is 18.4. The number of hydrogen-bond donors (Lipinski definition) is 1. The third kappa shape index (κ3) is 7.50. The maximum absolute atomic E-state index is 14.0. The maximum Gasteiger partial charge on any atom is 0.264 e. The molecule has 3 aromatic rings. The van der Waals surface area contributed by atoms with Crippen LogP contribution in [-0.4, -0.2) is 43.8 Å². The van der Waals surface area contributed by atoms with Crippen molar-refractivity contribution in [2.75, 3.05) is 10.8 Å². The lowest BCUT2D eigenvalue weighted by Crippen LogP contribution is -2.53. The van der Waals surface area contributed by atoms with Gasteiger partial charge >= 0.3 is 0 Å². The zero-order valence-electron chi connectivity index (χ0n) is 21.8. The summed E-state index contributed by atoms with van der Waals surface area (Å²) in [4.78, 5) is 28.3. The first-order valence-electron chi connectivity index (χ1n) is 12.3. The monoisotopic (exact) mass is 593 g/mol. The second-order valence-electron chi connectivity index (χ2n) is 9.13. The second-order valence-corrected chi connectivity index (χ2v) is 11.8. The summed E-state index contributed by atoms with van der Waals surface area (Å²) in [5.74, 6) is -1.49. The van der Waals surface area contributed by atoms with Gasteiger partial charge in [-0.3, -0.25) is 13.9 Å². The molecule has 0 heterocycles. The molecule has 0 aliphatic carbocycles. The summed E-state index contributed by atoms with van der Waals surface area (Å²) in [6.45, 7) is 4.63. The van der Waals surface area contributed by atoms with E-state index in [0.29, 0.717) is 5.56 Å². The van der Waals surface area contributed by atoms with Crippen LogP contribution in [-0.2, 0) is 26.2 Å². The van der Waals surface area contributed by atoms with E-state index >= 15 is 0 Å². The van der Waals surface area contributed by atoms with Crippen LogP contribution in [0.5, 0.6) is 0 Å². The molecule has 2 amide bonds. The SMILES string of the molecule is CC[C@@H](C(=O)NC(C)C)N(Cc1ccc(F)cc1)C(=O)CN(c1cccc(Cl)c1Cl)S(=O)(=O)c1ccccc1. The number of benzene rings is 3. The van der Waals surface area contributed by atoms with Crippen LogP contribution >= 0.6 is 23.2 Å². The standard InChI is InChI=1S/C28H30Cl2FN3O4S/c1-4-24(28(36)32-19(2)3)33(17-20-13-15-21(31)16-14-20)26(35)18-34(25-12-8-11-23(29)27(25)30)39(37,38)22-9-6-5-7-10-22/h5-16,19,24H,4,17-18H2,1-3H3,(H,32,36)/t24-/m0/s1. The molecule has 39 heavy (non-hydrogen) atoms. The molecule has 0 bridgehead atoms. The van der Waals surface area contributed by atoms with Crippen LogP contribution < -0.4 is 9.62 Å². The first kappa shape index (κ1) is 30.4. The molecule has 11 heteroatoms. The Balaban J connectivity index is 2.09. The Labute approximate surface area is 238 Å². The number of anilines is 1. The minimum Gasteiger partial charge on any atom is -0.352 e. The van der Waals surface area contributed by atoms with Crippen molar-refractivity contribution in [2.45, 2.75) is 50.7 Å². The Morgan fingerprint density at radius 2 is 1.59 bits per heavy atom. The van der Waals surface area contributed by atoms with Crippen molar-refractivity contribution in [1.82, 2.24) is 10.2 Å². The fraction of sp³-hybridized carbons (Fsp3) is 0.286. The van der Waals surface area contributed by atoms with E-state index in [4.69, 9.17) is 23.2 Å². The molecule has 0 aliphatic heterocycles. The van der Waals surface area contributed by atoms with Gasteiger partial charge in [-0.1, -0.05) is 66.5 Å². The van der Waals surface area contributed by atoms with Gasteiger partial charge in [0.1, 0.15) is 18.4 Å². The number of sulfonamides is 1. The van der Waals surface area contributed by atoms with Crippen molar-refractivity contribution in [3.63, 3.8) is 0 Å². The number of nitrogens with one attached hydrogen (secondary N) is 1. The smallest absolute Gasteiger partial charge is 0.264 e. The fourth-order valence-corrected chi connectivity index (χ4v) is 5.90. The number of nitrogens with zero attached hydrogens (tertiary/aromatic N) is 2.